The van der Waals surface area contributed by atoms with E-state index in [1.807, 2.05) is 18.2 Å². The van der Waals surface area contributed by atoms with Gasteiger partial charge in [0.15, 0.2) is 0 Å². The van der Waals surface area contributed by atoms with Gasteiger partial charge < -0.3 is 10.1 Å². The highest BCUT2D eigenvalue weighted by molar-refractivity contribution is 5.48. The van der Waals surface area contributed by atoms with Gasteiger partial charge in [-0.05, 0) is 24.5 Å². The van der Waals surface area contributed by atoms with Gasteiger partial charge in [-0.1, -0.05) is 26.8 Å². The molecule has 1 aromatic carbocycles. The number of nitrogens with one attached hydrogen (secondary N) is 1. The molecular formula is C13H21NO. The van der Waals surface area contributed by atoms with Crippen LogP contribution in [-0.2, 0) is 0 Å². The molecular weight excluding hydrogens is 186 g/mol. The Bertz CT molecular complexity index is 315. The fraction of sp³-hybridized carbons (Fsp3) is 0.538. The van der Waals surface area contributed by atoms with Crippen molar-refractivity contribution >= 4 is 5.69 Å². The summed E-state index contributed by atoms with van der Waals surface area (Å²) in [5.74, 6) is 0.890. The summed E-state index contributed by atoms with van der Waals surface area (Å²) in [6.45, 7) is 8.87. The van der Waals surface area contributed by atoms with E-state index in [0.29, 0.717) is 6.04 Å². The van der Waals surface area contributed by atoms with Crippen LogP contribution in [0.4, 0.5) is 5.69 Å². The second-order valence-corrected chi connectivity index (χ2v) is 4.96. The molecule has 84 valence electrons. The van der Waals surface area contributed by atoms with E-state index in [4.69, 9.17) is 4.74 Å². The Morgan fingerprint density at radius 3 is 2.47 bits per heavy atom. The molecule has 0 heterocycles. The second kappa shape index (κ2) is 4.56. The normalized spacial score (nSPS) is 13.4. The van der Waals surface area contributed by atoms with E-state index < -0.39 is 0 Å². The summed E-state index contributed by atoms with van der Waals surface area (Å²) in [5.41, 5.74) is 1.36. The number of anilines is 1. The summed E-state index contributed by atoms with van der Waals surface area (Å²) in [6, 6.07) is 8.45. The molecule has 1 aromatic rings. The van der Waals surface area contributed by atoms with E-state index in [0.717, 1.165) is 11.4 Å². The van der Waals surface area contributed by atoms with Crippen LogP contribution >= 0.6 is 0 Å². The minimum absolute atomic E-state index is 0.253. The molecule has 1 N–H and O–H groups in total. The largest absolute Gasteiger partial charge is 0.497 e. The number of benzene rings is 1. The van der Waals surface area contributed by atoms with E-state index in [9.17, 15) is 0 Å². The van der Waals surface area contributed by atoms with Crippen LogP contribution in [0.25, 0.3) is 0 Å². The van der Waals surface area contributed by atoms with Crippen molar-refractivity contribution in [1.29, 1.82) is 0 Å². The quantitative estimate of drug-likeness (QED) is 0.818. The van der Waals surface area contributed by atoms with Gasteiger partial charge in [0.1, 0.15) is 5.75 Å². The first-order valence-electron chi connectivity index (χ1n) is 5.34. The number of ether oxygens (including phenoxy) is 1. The van der Waals surface area contributed by atoms with Crippen molar-refractivity contribution in [3.8, 4) is 5.75 Å². The van der Waals surface area contributed by atoms with Gasteiger partial charge in [-0.2, -0.15) is 0 Å². The maximum atomic E-state index is 5.18. The van der Waals surface area contributed by atoms with Crippen LogP contribution in [0.5, 0.6) is 5.75 Å². The topological polar surface area (TPSA) is 21.3 Å². The van der Waals surface area contributed by atoms with E-state index in [1.165, 1.54) is 0 Å². The average molecular weight is 207 g/mol. The second-order valence-electron chi connectivity index (χ2n) is 4.96. The highest BCUT2D eigenvalue weighted by Crippen LogP contribution is 2.24. The lowest BCUT2D eigenvalue weighted by molar-refractivity contribution is 0.359. The van der Waals surface area contributed by atoms with Gasteiger partial charge in [-0.3, -0.25) is 0 Å². The van der Waals surface area contributed by atoms with Crippen molar-refractivity contribution in [2.75, 3.05) is 12.4 Å². The number of rotatable bonds is 3. The summed E-state index contributed by atoms with van der Waals surface area (Å²) in [5, 5.41) is 3.48. The van der Waals surface area contributed by atoms with Crippen molar-refractivity contribution in [2.45, 2.75) is 33.7 Å². The van der Waals surface area contributed by atoms with Crippen LogP contribution in [0.2, 0.25) is 0 Å². The first-order valence-corrected chi connectivity index (χ1v) is 5.34. The Balaban J connectivity index is 2.72. The molecule has 0 amide bonds. The minimum atomic E-state index is 0.253. The lowest BCUT2D eigenvalue weighted by Crippen LogP contribution is -2.30. The molecule has 0 spiro atoms. The van der Waals surface area contributed by atoms with Crippen molar-refractivity contribution < 1.29 is 4.74 Å². The molecule has 0 radical (unpaired) electrons. The Hall–Kier alpha value is -1.18. The maximum absolute atomic E-state index is 5.18. The summed E-state index contributed by atoms with van der Waals surface area (Å²) in [6.07, 6.45) is 0. The molecule has 0 aromatic heterocycles. The smallest absolute Gasteiger partial charge is 0.120 e. The summed E-state index contributed by atoms with van der Waals surface area (Å²) >= 11 is 0. The fourth-order valence-electron chi connectivity index (χ4n) is 1.18. The van der Waals surface area contributed by atoms with Gasteiger partial charge in [0.25, 0.3) is 0 Å². The zero-order chi connectivity index (χ0) is 11.5. The molecule has 0 bridgehead atoms. The molecule has 1 atom stereocenters. The zero-order valence-electron chi connectivity index (χ0n) is 10.3. The third-order valence-electron chi connectivity index (χ3n) is 2.75. The van der Waals surface area contributed by atoms with Gasteiger partial charge in [-0.25, -0.2) is 0 Å². The van der Waals surface area contributed by atoms with Crippen LogP contribution in [0.15, 0.2) is 24.3 Å². The van der Waals surface area contributed by atoms with Crippen molar-refractivity contribution in [1.82, 2.24) is 0 Å². The first-order chi connectivity index (χ1) is 6.93. The van der Waals surface area contributed by atoms with E-state index in [2.05, 4.69) is 39.1 Å². The standard InChI is InChI=1S/C13H21NO/c1-10(13(2,3)4)14-11-7-6-8-12(9-11)15-5/h6-10,14H,1-5H3. The molecule has 0 aliphatic rings. The molecule has 1 rings (SSSR count). The monoisotopic (exact) mass is 207 g/mol. The van der Waals surface area contributed by atoms with Gasteiger partial charge in [0.2, 0.25) is 0 Å². The molecule has 15 heavy (non-hydrogen) atoms. The Morgan fingerprint density at radius 2 is 1.93 bits per heavy atom. The third-order valence-corrected chi connectivity index (χ3v) is 2.75. The third kappa shape index (κ3) is 3.46. The average Bonchev–Trinajstić information content (AvgIpc) is 2.16. The Kier molecular flexibility index (Phi) is 3.61. The molecule has 2 heteroatoms. The van der Waals surface area contributed by atoms with Crippen LogP contribution in [0, 0.1) is 5.41 Å². The molecule has 1 unspecified atom stereocenters. The minimum Gasteiger partial charge on any atom is -0.497 e. The van der Waals surface area contributed by atoms with Crippen LogP contribution < -0.4 is 10.1 Å². The van der Waals surface area contributed by atoms with Gasteiger partial charge in [0, 0.05) is 17.8 Å². The fourth-order valence-corrected chi connectivity index (χ4v) is 1.18. The van der Waals surface area contributed by atoms with E-state index >= 15 is 0 Å². The molecule has 0 saturated carbocycles. The van der Waals surface area contributed by atoms with Crippen molar-refractivity contribution in [3.05, 3.63) is 24.3 Å². The Labute approximate surface area is 92.6 Å². The maximum Gasteiger partial charge on any atom is 0.120 e. The van der Waals surface area contributed by atoms with Crippen LogP contribution in [0.3, 0.4) is 0 Å². The summed E-state index contributed by atoms with van der Waals surface area (Å²) in [7, 11) is 1.69. The molecule has 2 nitrogen and oxygen atoms in total. The van der Waals surface area contributed by atoms with Crippen molar-refractivity contribution in [3.63, 3.8) is 0 Å². The van der Waals surface area contributed by atoms with E-state index in [-0.39, 0.29) is 5.41 Å². The van der Waals surface area contributed by atoms with E-state index in [1.54, 1.807) is 7.11 Å². The summed E-state index contributed by atoms with van der Waals surface area (Å²) < 4.78 is 5.18. The van der Waals surface area contributed by atoms with Crippen LogP contribution in [0.1, 0.15) is 27.7 Å². The lowest BCUT2D eigenvalue weighted by atomic mass is 9.88. The van der Waals surface area contributed by atoms with Gasteiger partial charge >= 0.3 is 0 Å². The van der Waals surface area contributed by atoms with Crippen molar-refractivity contribution in [2.24, 2.45) is 5.41 Å². The highest BCUT2D eigenvalue weighted by atomic mass is 16.5. The zero-order valence-corrected chi connectivity index (χ0v) is 10.3. The van der Waals surface area contributed by atoms with Crippen LogP contribution in [-0.4, -0.2) is 13.2 Å². The number of methoxy groups -OCH3 is 1. The summed E-state index contributed by atoms with van der Waals surface area (Å²) in [4.78, 5) is 0. The SMILES string of the molecule is COc1cccc(NC(C)C(C)(C)C)c1. The molecule has 0 saturated heterocycles. The molecule has 0 aliphatic carbocycles. The molecule has 0 fully saturated rings. The predicted molar refractivity (Wildman–Crippen MR) is 65.5 cm³/mol. The van der Waals surface area contributed by atoms with Gasteiger partial charge in [0.05, 0.1) is 7.11 Å². The lowest BCUT2D eigenvalue weighted by Gasteiger charge is -2.29. The molecule has 0 aliphatic heterocycles. The first kappa shape index (κ1) is 11.9. The van der Waals surface area contributed by atoms with Gasteiger partial charge in [-0.15, -0.1) is 0 Å². The number of hydrogen-bond donors (Lipinski definition) is 1. The highest BCUT2D eigenvalue weighted by Gasteiger charge is 2.19. The Morgan fingerprint density at radius 1 is 1.27 bits per heavy atom. The predicted octanol–water partition coefficient (Wildman–Crippen LogP) is 3.54. The number of hydrogen-bond acceptors (Lipinski definition) is 2.